The molecular formula is C20H14N4O3. The number of nitrogens with one attached hydrogen (secondary N) is 1. The smallest absolute Gasteiger partial charge is 0.219 e. The Bertz CT molecular complexity index is 1010. The summed E-state index contributed by atoms with van der Waals surface area (Å²) in [4.78, 5) is 0. The number of nitriles is 3. The maximum absolute atomic E-state index is 10.2. The van der Waals surface area contributed by atoms with Crippen molar-refractivity contribution in [3.8, 4) is 18.2 Å². The molecule has 2 bridgehead atoms. The van der Waals surface area contributed by atoms with E-state index in [1.54, 1.807) is 43.3 Å². The van der Waals surface area contributed by atoms with Crippen molar-refractivity contribution in [1.82, 2.24) is 0 Å². The first kappa shape index (κ1) is 16.8. The molecule has 3 heterocycles. The molecule has 7 nitrogen and oxygen atoms in total. The van der Waals surface area contributed by atoms with E-state index in [0.717, 1.165) is 0 Å². The first-order valence-electron chi connectivity index (χ1n) is 8.27. The summed E-state index contributed by atoms with van der Waals surface area (Å²) in [6.45, 7) is 1.62. The van der Waals surface area contributed by atoms with Crippen LogP contribution in [0.4, 0.5) is 0 Å². The van der Waals surface area contributed by atoms with Crippen molar-refractivity contribution in [2.45, 2.75) is 24.7 Å². The van der Waals surface area contributed by atoms with Crippen LogP contribution in [0, 0.1) is 50.2 Å². The van der Waals surface area contributed by atoms with Crippen molar-refractivity contribution in [3.05, 3.63) is 60.1 Å². The van der Waals surface area contributed by atoms with Crippen molar-refractivity contribution < 1.29 is 13.9 Å². The molecule has 2 aliphatic heterocycles. The molecule has 1 aromatic heterocycles. The number of hydrogen-bond donors (Lipinski definition) is 1. The Kier molecular flexibility index (Phi) is 3.40. The van der Waals surface area contributed by atoms with E-state index in [1.807, 2.05) is 18.2 Å². The molecule has 0 spiro atoms. The summed E-state index contributed by atoms with van der Waals surface area (Å²) >= 11 is 0. The Hall–Kier alpha value is -3.60. The van der Waals surface area contributed by atoms with Crippen LogP contribution in [-0.4, -0.2) is 11.7 Å². The van der Waals surface area contributed by atoms with Crippen LogP contribution in [0.2, 0.25) is 0 Å². The van der Waals surface area contributed by atoms with Crippen molar-refractivity contribution in [2.24, 2.45) is 10.8 Å². The Morgan fingerprint density at radius 2 is 1.70 bits per heavy atom. The second kappa shape index (κ2) is 5.45. The summed E-state index contributed by atoms with van der Waals surface area (Å²) in [7, 11) is 0. The largest absolute Gasteiger partial charge is 0.466 e. The van der Waals surface area contributed by atoms with E-state index >= 15 is 0 Å². The highest BCUT2D eigenvalue weighted by Crippen LogP contribution is 2.69. The zero-order valence-corrected chi connectivity index (χ0v) is 14.3. The SMILES string of the molecule is CC12OC(=N)C(C#N)(C1c1ccccc1)C(C#N)(C#N)C(c1ccco1)O2. The molecule has 7 heteroatoms. The predicted octanol–water partition coefficient (Wildman–Crippen LogP) is 3.40. The van der Waals surface area contributed by atoms with Gasteiger partial charge in [-0.3, -0.25) is 5.41 Å². The van der Waals surface area contributed by atoms with Gasteiger partial charge in [0.15, 0.2) is 11.5 Å². The van der Waals surface area contributed by atoms with E-state index in [4.69, 9.17) is 19.3 Å². The molecule has 0 aliphatic carbocycles. The number of fused-ring (bicyclic) bond motifs is 2. The summed E-state index contributed by atoms with van der Waals surface area (Å²) in [6.07, 6.45) is 0.215. The monoisotopic (exact) mass is 358 g/mol. The van der Waals surface area contributed by atoms with Crippen molar-refractivity contribution in [1.29, 1.82) is 21.2 Å². The lowest BCUT2D eigenvalue weighted by Gasteiger charge is -2.48. The predicted molar refractivity (Wildman–Crippen MR) is 90.6 cm³/mol. The first-order valence-corrected chi connectivity index (χ1v) is 8.27. The van der Waals surface area contributed by atoms with Crippen LogP contribution >= 0.6 is 0 Å². The first-order chi connectivity index (χ1) is 13.0. The second-order valence-corrected chi connectivity index (χ2v) is 6.76. The molecule has 1 N–H and O–H groups in total. The fourth-order valence-electron chi connectivity index (χ4n) is 4.33. The second-order valence-electron chi connectivity index (χ2n) is 6.76. The van der Waals surface area contributed by atoms with Gasteiger partial charge in [0.2, 0.25) is 17.1 Å². The normalized spacial score (nSPS) is 33.3. The van der Waals surface area contributed by atoms with Crippen molar-refractivity contribution >= 4 is 5.90 Å². The fourth-order valence-corrected chi connectivity index (χ4v) is 4.33. The van der Waals surface area contributed by atoms with Gasteiger partial charge in [0, 0.05) is 6.92 Å². The minimum absolute atomic E-state index is 0.230. The standard InChI is InChI=1S/C20H14N4O3/c1-18-15(13-6-3-2-4-7-13)20(12-23,17(24)27-18)19(10-21,11-22)16(26-18)14-8-5-9-25-14/h2-9,15-16,24H,1H3. The van der Waals surface area contributed by atoms with E-state index in [9.17, 15) is 15.8 Å². The van der Waals surface area contributed by atoms with Crippen LogP contribution in [0.1, 0.15) is 30.3 Å². The molecule has 2 aromatic rings. The topological polar surface area (TPSA) is 127 Å². The van der Waals surface area contributed by atoms with E-state index in [2.05, 4.69) is 6.07 Å². The number of furan rings is 1. The van der Waals surface area contributed by atoms with Crippen molar-refractivity contribution in [2.75, 3.05) is 0 Å². The number of nitrogens with zero attached hydrogens (tertiary/aromatic N) is 3. The lowest BCUT2D eigenvalue weighted by atomic mass is 9.53. The van der Waals surface area contributed by atoms with E-state index in [-0.39, 0.29) is 5.76 Å². The Balaban J connectivity index is 2.06. The number of hydrogen-bond acceptors (Lipinski definition) is 7. The molecule has 132 valence electrons. The molecule has 0 amide bonds. The van der Waals surface area contributed by atoms with Gasteiger partial charge in [-0.2, -0.15) is 15.8 Å². The average Bonchev–Trinajstić information content (AvgIpc) is 3.27. The molecule has 0 saturated carbocycles. The lowest BCUT2D eigenvalue weighted by Crippen LogP contribution is -2.57. The molecule has 0 radical (unpaired) electrons. The third-order valence-corrected chi connectivity index (χ3v) is 5.45. The van der Waals surface area contributed by atoms with Crippen molar-refractivity contribution in [3.63, 3.8) is 0 Å². The van der Waals surface area contributed by atoms with Gasteiger partial charge in [0.05, 0.1) is 30.4 Å². The summed E-state index contributed by atoms with van der Waals surface area (Å²) in [6, 6.07) is 18.2. The number of ether oxygens (including phenoxy) is 2. The average molecular weight is 358 g/mol. The van der Waals surface area contributed by atoms with Crippen LogP contribution in [0.3, 0.4) is 0 Å². The highest BCUT2D eigenvalue weighted by atomic mass is 16.7. The van der Waals surface area contributed by atoms with Crippen LogP contribution in [0.25, 0.3) is 0 Å². The highest BCUT2D eigenvalue weighted by Gasteiger charge is 2.80. The van der Waals surface area contributed by atoms with Crippen LogP contribution in [0.15, 0.2) is 53.1 Å². The zero-order valence-electron chi connectivity index (χ0n) is 14.3. The Morgan fingerprint density at radius 3 is 2.26 bits per heavy atom. The highest BCUT2D eigenvalue weighted by molar-refractivity contribution is 5.90. The van der Waals surface area contributed by atoms with Gasteiger partial charge in [-0.15, -0.1) is 0 Å². The maximum atomic E-state index is 10.2. The minimum Gasteiger partial charge on any atom is -0.466 e. The van der Waals surface area contributed by atoms with Gasteiger partial charge < -0.3 is 13.9 Å². The summed E-state index contributed by atoms with van der Waals surface area (Å²) < 4.78 is 17.2. The van der Waals surface area contributed by atoms with Crippen LogP contribution in [0.5, 0.6) is 0 Å². The van der Waals surface area contributed by atoms with E-state index < -0.39 is 34.5 Å². The van der Waals surface area contributed by atoms with Gasteiger partial charge >= 0.3 is 0 Å². The van der Waals surface area contributed by atoms with E-state index in [0.29, 0.717) is 5.56 Å². The van der Waals surface area contributed by atoms with Gasteiger partial charge in [-0.25, -0.2) is 0 Å². The lowest BCUT2D eigenvalue weighted by molar-refractivity contribution is -0.257. The van der Waals surface area contributed by atoms with E-state index in [1.165, 1.54) is 6.26 Å². The minimum atomic E-state index is -2.03. The molecular weight excluding hydrogens is 344 g/mol. The quantitative estimate of drug-likeness (QED) is 0.876. The molecule has 4 atom stereocenters. The van der Waals surface area contributed by atoms with Gasteiger partial charge in [0.1, 0.15) is 5.76 Å². The van der Waals surface area contributed by atoms with Gasteiger partial charge in [-0.05, 0) is 17.7 Å². The summed E-state index contributed by atoms with van der Waals surface area (Å²) in [5.41, 5.74) is -3.24. The molecule has 4 rings (SSSR count). The van der Waals surface area contributed by atoms with Gasteiger partial charge in [-0.1, -0.05) is 30.3 Å². The number of rotatable bonds is 2. The molecule has 2 aliphatic rings. The number of benzene rings is 1. The molecule has 2 fully saturated rings. The summed E-state index contributed by atoms with van der Waals surface area (Å²) in [5.74, 6) is -2.47. The third-order valence-electron chi connectivity index (χ3n) is 5.45. The fraction of sp³-hybridized carbons (Fsp3) is 0.300. The Morgan fingerprint density at radius 1 is 1.00 bits per heavy atom. The molecule has 1 aromatic carbocycles. The maximum Gasteiger partial charge on any atom is 0.219 e. The third kappa shape index (κ3) is 1.83. The summed E-state index contributed by atoms with van der Waals surface area (Å²) in [5, 5.41) is 38.9. The van der Waals surface area contributed by atoms with Gasteiger partial charge in [0.25, 0.3) is 0 Å². The molecule has 2 saturated heterocycles. The zero-order chi connectivity index (χ0) is 19.3. The van der Waals surface area contributed by atoms with Crippen LogP contribution in [-0.2, 0) is 9.47 Å². The van der Waals surface area contributed by atoms with Crippen LogP contribution < -0.4 is 0 Å². The molecule has 27 heavy (non-hydrogen) atoms. The molecule has 4 unspecified atom stereocenters. The Labute approximate surface area is 155 Å².